The minimum absolute atomic E-state index is 0. The molecule has 0 saturated heterocycles. The Balaban J connectivity index is 0.00000240. The van der Waals surface area contributed by atoms with Crippen molar-refractivity contribution in [1.82, 2.24) is 25.5 Å². The monoisotopic (exact) mass is 446 g/mol. The molecule has 9 heteroatoms. The Morgan fingerprint density at radius 1 is 1.00 bits per heavy atom. The summed E-state index contributed by atoms with van der Waals surface area (Å²) in [5, 5.41) is 16.8. The summed E-state index contributed by atoms with van der Waals surface area (Å²) >= 11 is 7.54. The molecule has 0 fully saturated rings. The molecule has 0 radical (unpaired) electrons. The van der Waals surface area contributed by atoms with Crippen molar-refractivity contribution >= 4 is 23.4 Å². The quantitative estimate of drug-likeness (QED) is 0.326. The zero-order valence-corrected chi connectivity index (χ0v) is 17.7. The molecule has 1 N–H and O–H groups in total. The number of thioether (sulfide) groups is 1. The first kappa shape index (κ1) is 21.4. The minimum atomic E-state index is 0. The van der Waals surface area contributed by atoms with E-state index in [1.54, 1.807) is 16.4 Å². The van der Waals surface area contributed by atoms with E-state index in [9.17, 15) is 0 Å². The van der Waals surface area contributed by atoms with Crippen molar-refractivity contribution < 1.29 is 16.8 Å². The van der Waals surface area contributed by atoms with Gasteiger partial charge in [-0.1, -0.05) is 41.6 Å². The lowest BCUT2D eigenvalue weighted by atomic mass is 10.2. The molecular weight excluding hydrogens is 429 g/mol. The number of furan rings is 1. The summed E-state index contributed by atoms with van der Waals surface area (Å²) in [6, 6.07) is 21.4. The van der Waals surface area contributed by atoms with Gasteiger partial charge in [-0.3, -0.25) is 0 Å². The number of hydrogen-bond donors (Lipinski definition) is 1. The Bertz CT molecular complexity index is 1020. The van der Waals surface area contributed by atoms with E-state index in [0.29, 0.717) is 11.6 Å². The van der Waals surface area contributed by atoms with Crippen molar-refractivity contribution in [3.63, 3.8) is 0 Å². The second-order valence-electron chi connectivity index (χ2n) is 6.01. The molecule has 0 aliphatic rings. The van der Waals surface area contributed by atoms with Crippen molar-refractivity contribution in [3.8, 4) is 17.0 Å². The lowest BCUT2D eigenvalue weighted by molar-refractivity contribution is -0.00000616. The van der Waals surface area contributed by atoms with E-state index >= 15 is 0 Å². The van der Waals surface area contributed by atoms with Gasteiger partial charge < -0.3 is 22.1 Å². The van der Waals surface area contributed by atoms with Crippen LogP contribution in [0.4, 0.5) is 0 Å². The Labute approximate surface area is 184 Å². The first-order valence-corrected chi connectivity index (χ1v) is 10.2. The average molecular weight is 447 g/mol. The van der Waals surface area contributed by atoms with E-state index in [2.05, 4.69) is 20.8 Å². The number of tetrazole rings is 1. The summed E-state index contributed by atoms with van der Waals surface area (Å²) < 4.78 is 7.64. The molecule has 0 bridgehead atoms. The van der Waals surface area contributed by atoms with Crippen LogP contribution in [0.2, 0.25) is 5.02 Å². The maximum absolute atomic E-state index is 5.93. The standard InChI is InChI=1S/C20H18ClN5OS.ClH/c21-16-8-6-15(7-9-16)19-11-10-18(27-19)14-22-12-13-28-20-23-24-25-26(20)17-4-2-1-3-5-17;/h1-11,22H,12-14H2;1H/p-1. The summed E-state index contributed by atoms with van der Waals surface area (Å²) in [6.45, 7) is 1.47. The number of para-hydroxylation sites is 1. The number of nitrogens with zero attached hydrogens (tertiary/aromatic N) is 4. The summed E-state index contributed by atoms with van der Waals surface area (Å²) in [6.07, 6.45) is 0. The van der Waals surface area contributed by atoms with Crippen molar-refractivity contribution in [1.29, 1.82) is 0 Å². The van der Waals surface area contributed by atoms with Crippen molar-refractivity contribution in [2.24, 2.45) is 0 Å². The van der Waals surface area contributed by atoms with Gasteiger partial charge >= 0.3 is 0 Å². The van der Waals surface area contributed by atoms with Gasteiger partial charge in [-0.15, -0.1) is 5.10 Å². The van der Waals surface area contributed by atoms with Crippen LogP contribution in [0.5, 0.6) is 0 Å². The molecule has 2 heterocycles. The van der Waals surface area contributed by atoms with Gasteiger partial charge in [0.25, 0.3) is 0 Å². The van der Waals surface area contributed by atoms with Crippen LogP contribution in [-0.2, 0) is 6.54 Å². The molecule has 0 amide bonds. The van der Waals surface area contributed by atoms with Crippen LogP contribution < -0.4 is 17.7 Å². The maximum atomic E-state index is 5.93. The molecule has 2 aromatic carbocycles. The molecule has 0 spiro atoms. The highest BCUT2D eigenvalue weighted by molar-refractivity contribution is 7.99. The van der Waals surface area contributed by atoms with Crippen LogP contribution in [0, 0.1) is 0 Å². The van der Waals surface area contributed by atoms with Gasteiger partial charge in [0.05, 0.1) is 12.2 Å². The lowest BCUT2D eigenvalue weighted by Gasteiger charge is -2.05. The number of nitrogens with one attached hydrogen (secondary N) is 1. The number of hydrogen-bond acceptors (Lipinski definition) is 6. The first-order chi connectivity index (χ1) is 13.8. The highest BCUT2D eigenvalue weighted by atomic mass is 35.5. The highest BCUT2D eigenvalue weighted by Crippen LogP contribution is 2.24. The summed E-state index contributed by atoms with van der Waals surface area (Å²) in [5.41, 5.74) is 1.97. The van der Waals surface area contributed by atoms with Gasteiger partial charge in [0.1, 0.15) is 11.5 Å². The molecule has 6 nitrogen and oxygen atoms in total. The molecule has 0 aliphatic carbocycles. The Morgan fingerprint density at radius 2 is 1.79 bits per heavy atom. The number of aromatic nitrogens is 4. The van der Waals surface area contributed by atoms with Gasteiger partial charge in [0, 0.05) is 22.9 Å². The molecule has 29 heavy (non-hydrogen) atoms. The molecule has 0 saturated carbocycles. The SMILES string of the molecule is Clc1ccc(-c2ccc(CNCCSc3nnnn3-c3ccccc3)o2)cc1.[Cl-]. The predicted octanol–water partition coefficient (Wildman–Crippen LogP) is 1.46. The summed E-state index contributed by atoms with van der Waals surface area (Å²) in [7, 11) is 0. The fourth-order valence-corrected chi connectivity index (χ4v) is 3.58. The fourth-order valence-electron chi connectivity index (χ4n) is 2.67. The van der Waals surface area contributed by atoms with Gasteiger partial charge in [-0.2, -0.15) is 4.68 Å². The molecular formula is C20H18Cl2N5OS-. The van der Waals surface area contributed by atoms with Crippen LogP contribution in [0.15, 0.2) is 76.3 Å². The van der Waals surface area contributed by atoms with Crippen LogP contribution in [0.25, 0.3) is 17.0 Å². The van der Waals surface area contributed by atoms with Gasteiger partial charge in [-0.25, -0.2) is 0 Å². The molecule has 0 unspecified atom stereocenters. The predicted molar refractivity (Wildman–Crippen MR) is 111 cm³/mol. The van der Waals surface area contributed by atoms with Crippen molar-refractivity contribution in [2.45, 2.75) is 11.7 Å². The smallest absolute Gasteiger partial charge is 0.214 e. The van der Waals surface area contributed by atoms with E-state index in [1.165, 1.54) is 0 Å². The lowest BCUT2D eigenvalue weighted by Crippen LogP contribution is -3.00. The van der Waals surface area contributed by atoms with E-state index in [1.807, 2.05) is 66.7 Å². The molecule has 0 atom stereocenters. The minimum Gasteiger partial charge on any atom is -1.00 e. The normalized spacial score (nSPS) is 10.7. The molecule has 2 aromatic heterocycles. The molecule has 0 aliphatic heterocycles. The van der Waals surface area contributed by atoms with Crippen molar-refractivity contribution in [2.75, 3.05) is 12.3 Å². The first-order valence-electron chi connectivity index (χ1n) is 8.81. The van der Waals surface area contributed by atoms with E-state index in [-0.39, 0.29) is 12.4 Å². The third-order valence-electron chi connectivity index (χ3n) is 4.04. The highest BCUT2D eigenvalue weighted by Gasteiger charge is 2.08. The molecule has 4 aromatic rings. The Kier molecular flexibility index (Phi) is 7.71. The topological polar surface area (TPSA) is 68.8 Å². The number of benzene rings is 2. The Morgan fingerprint density at radius 3 is 2.59 bits per heavy atom. The van der Waals surface area contributed by atoms with E-state index in [0.717, 1.165) is 40.2 Å². The number of rotatable bonds is 8. The Hall–Kier alpha value is -2.32. The summed E-state index contributed by atoms with van der Waals surface area (Å²) in [5.74, 6) is 2.58. The third kappa shape index (κ3) is 5.61. The van der Waals surface area contributed by atoms with E-state index in [4.69, 9.17) is 16.0 Å². The van der Waals surface area contributed by atoms with Crippen molar-refractivity contribution in [3.05, 3.63) is 77.5 Å². The van der Waals surface area contributed by atoms with Crippen LogP contribution in [0.1, 0.15) is 5.76 Å². The molecule has 150 valence electrons. The number of halogens is 2. The van der Waals surface area contributed by atoms with Gasteiger partial charge in [0.2, 0.25) is 5.16 Å². The van der Waals surface area contributed by atoms with Gasteiger partial charge in [-0.05, 0) is 59.0 Å². The third-order valence-corrected chi connectivity index (χ3v) is 5.21. The van der Waals surface area contributed by atoms with Gasteiger partial charge in [0.15, 0.2) is 0 Å². The van der Waals surface area contributed by atoms with E-state index < -0.39 is 0 Å². The second-order valence-corrected chi connectivity index (χ2v) is 7.51. The summed E-state index contributed by atoms with van der Waals surface area (Å²) in [4.78, 5) is 0. The van der Waals surface area contributed by atoms with Crippen LogP contribution in [-0.4, -0.2) is 32.5 Å². The van der Waals surface area contributed by atoms with Crippen LogP contribution >= 0.6 is 23.4 Å². The fraction of sp³-hybridized carbons (Fsp3) is 0.150. The zero-order valence-electron chi connectivity index (χ0n) is 15.3. The molecule has 4 rings (SSSR count). The zero-order chi connectivity index (χ0) is 19.2. The second kappa shape index (κ2) is 10.5. The average Bonchev–Trinajstić information content (AvgIpc) is 3.39. The van der Waals surface area contributed by atoms with Crippen LogP contribution in [0.3, 0.4) is 0 Å². The maximum Gasteiger partial charge on any atom is 0.214 e. The largest absolute Gasteiger partial charge is 1.00 e.